The van der Waals surface area contributed by atoms with Crippen LogP contribution in [-0.4, -0.2) is 7.11 Å². The van der Waals surface area contributed by atoms with E-state index in [0.29, 0.717) is 0 Å². The van der Waals surface area contributed by atoms with E-state index >= 15 is 0 Å². The second-order valence-electron chi connectivity index (χ2n) is 6.02. The molecule has 0 aromatic heterocycles. The van der Waals surface area contributed by atoms with Gasteiger partial charge in [0.2, 0.25) is 0 Å². The van der Waals surface area contributed by atoms with Crippen molar-refractivity contribution in [2.24, 2.45) is 0 Å². The van der Waals surface area contributed by atoms with Crippen molar-refractivity contribution in [1.29, 1.82) is 0 Å². The van der Waals surface area contributed by atoms with Crippen molar-refractivity contribution in [2.45, 2.75) is 36.8 Å². The normalized spacial score (nSPS) is 11.5. The van der Waals surface area contributed by atoms with Crippen LogP contribution in [0.5, 0.6) is 5.75 Å². The molecule has 2 aromatic carbocycles. The summed E-state index contributed by atoms with van der Waals surface area (Å²) in [6.45, 7) is 6.71. The van der Waals surface area contributed by atoms with Gasteiger partial charge in [0.1, 0.15) is 5.75 Å². The smallest absolute Gasteiger partial charge is 0.122 e. The van der Waals surface area contributed by atoms with Crippen molar-refractivity contribution < 1.29 is 4.74 Å². The van der Waals surface area contributed by atoms with Crippen LogP contribution in [0.15, 0.2) is 51.8 Å². The van der Waals surface area contributed by atoms with Gasteiger partial charge in [0.15, 0.2) is 0 Å². The number of halogens is 1. The zero-order chi connectivity index (χ0) is 15.5. The van der Waals surface area contributed by atoms with E-state index in [1.807, 2.05) is 23.9 Å². The average molecular weight is 365 g/mol. The monoisotopic (exact) mass is 364 g/mol. The summed E-state index contributed by atoms with van der Waals surface area (Å²) in [5.41, 5.74) is 2.78. The molecule has 0 spiro atoms. The summed E-state index contributed by atoms with van der Waals surface area (Å²) in [5.74, 6) is 1.84. The van der Waals surface area contributed by atoms with Gasteiger partial charge in [0.25, 0.3) is 0 Å². The Bertz CT molecular complexity index is 600. The molecule has 0 atom stereocenters. The van der Waals surface area contributed by atoms with E-state index in [2.05, 4.69) is 67.0 Å². The molecule has 1 nitrogen and oxygen atoms in total. The van der Waals surface area contributed by atoms with Crippen LogP contribution in [0.3, 0.4) is 0 Å². The van der Waals surface area contributed by atoms with Crippen LogP contribution in [0.4, 0.5) is 0 Å². The van der Waals surface area contributed by atoms with Gasteiger partial charge in [-0.25, -0.2) is 0 Å². The maximum atomic E-state index is 5.42. The SMILES string of the molecule is COc1ccc(Br)cc1CSc1ccc(C(C)(C)C)cc1. The third-order valence-corrected chi connectivity index (χ3v) is 4.91. The molecule has 0 aliphatic carbocycles. The second-order valence-corrected chi connectivity index (χ2v) is 7.98. The molecule has 0 N–H and O–H groups in total. The van der Waals surface area contributed by atoms with Crippen molar-refractivity contribution >= 4 is 27.7 Å². The van der Waals surface area contributed by atoms with Gasteiger partial charge in [-0.1, -0.05) is 48.8 Å². The quantitative estimate of drug-likeness (QED) is 0.610. The Balaban J connectivity index is 2.08. The highest BCUT2D eigenvalue weighted by molar-refractivity contribution is 9.10. The summed E-state index contributed by atoms with van der Waals surface area (Å²) >= 11 is 5.35. The van der Waals surface area contributed by atoms with Gasteiger partial charge < -0.3 is 4.74 Å². The average Bonchev–Trinajstić information content (AvgIpc) is 2.45. The molecule has 0 saturated heterocycles. The van der Waals surface area contributed by atoms with Gasteiger partial charge in [-0.15, -0.1) is 11.8 Å². The molecule has 0 saturated carbocycles. The fourth-order valence-electron chi connectivity index (χ4n) is 2.07. The van der Waals surface area contributed by atoms with Crippen molar-refractivity contribution in [1.82, 2.24) is 0 Å². The predicted octanol–water partition coefficient (Wildman–Crippen LogP) is 6.05. The zero-order valence-electron chi connectivity index (χ0n) is 12.9. The van der Waals surface area contributed by atoms with E-state index in [9.17, 15) is 0 Å². The summed E-state index contributed by atoms with van der Waals surface area (Å²) in [4.78, 5) is 1.28. The Hall–Kier alpha value is -0.930. The Morgan fingerprint density at radius 1 is 1.05 bits per heavy atom. The third-order valence-electron chi connectivity index (χ3n) is 3.36. The minimum absolute atomic E-state index is 0.205. The molecule has 0 aliphatic rings. The maximum absolute atomic E-state index is 5.42. The van der Waals surface area contributed by atoms with Gasteiger partial charge in [-0.05, 0) is 41.3 Å². The fourth-order valence-corrected chi connectivity index (χ4v) is 3.36. The topological polar surface area (TPSA) is 9.23 Å². The molecule has 2 rings (SSSR count). The predicted molar refractivity (Wildman–Crippen MR) is 95.4 cm³/mol. The number of hydrogen-bond acceptors (Lipinski definition) is 2. The first-order chi connectivity index (χ1) is 9.90. The molecule has 0 amide bonds. The number of thioether (sulfide) groups is 1. The minimum atomic E-state index is 0.205. The highest BCUT2D eigenvalue weighted by Crippen LogP contribution is 2.31. The lowest BCUT2D eigenvalue weighted by Crippen LogP contribution is -2.10. The standard InChI is InChI=1S/C18H21BrOS/c1-18(2,3)14-5-8-16(9-6-14)21-12-13-11-15(19)7-10-17(13)20-4/h5-11H,12H2,1-4H3. The first kappa shape index (κ1) is 16.4. The first-order valence-electron chi connectivity index (χ1n) is 6.96. The number of methoxy groups -OCH3 is 1. The summed E-state index contributed by atoms with van der Waals surface area (Å²) in [6, 6.07) is 15.0. The molecule has 0 heterocycles. The van der Waals surface area contributed by atoms with Crippen molar-refractivity contribution in [3.63, 3.8) is 0 Å². The van der Waals surface area contributed by atoms with Crippen LogP contribution in [0.25, 0.3) is 0 Å². The molecule has 2 aromatic rings. The molecule has 0 aliphatic heterocycles. The Morgan fingerprint density at radius 2 is 1.71 bits per heavy atom. The van der Waals surface area contributed by atoms with E-state index in [4.69, 9.17) is 4.74 Å². The van der Waals surface area contributed by atoms with Crippen LogP contribution < -0.4 is 4.74 Å². The van der Waals surface area contributed by atoms with Crippen LogP contribution in [0.2, 0.25) is 0 Å². The largest absolute Gasteiger partial charge is 0.496 e. The van der Waals surface area contributed by atoms with Gasteiger partial charge in [-0.3, -0.25) is 0 Å². The van der Waals surface area contributed by atoms with E-state index in [-0.39, 0.29) is 5.41 Å². The molecule has 21 heavy (non-hydrogen) atoms. The number of rotatable bonds is 4. The maximum Gasteiger partial charge on any atom is 0.122 e. The summed E-state index contributed by atoms with van der Waals surface area (Å²) < 4.78 is 6.50. The molecule has 0 bridgehead atoms. The lowest BCUT2D eigenvalue weighted by atomic mass is 9.87. The lowest BCUT2D eigenvalue weighted by molar-refractivity contribution is 0.411. The van der Waals surface area contributed by atoms with Crippen LogP contribution >= 0.6 is 27.7 Å². The number of ether oxygens (including phenoxy) is 1. The molecular formula is C18H21BrOS. The summed E-state index contributed by atoms with van der Waals surface area (Å²) in [6.07, 6.45) is 0. The van der Waals surface area contributed by atoms with E-state index in [1.165, 1.54) is 16.0 Å². The Kier molecular flexibility index (Phi) is 5.39. The molecule has 112 valence electrons. The van der Waals surface area contributed by atoms with Crippen LogP contribution in [0, 0.1) is 0 Å². The Morgan fingerprint density at radius 3 is 2.29 bits per heavy atom. The number of benzene rings is 2. The second kappa shape index (κ2) is 6.89. The van der Waals surface area contributed by atoms with Crippen molar-refractivity contribution in [3.8, 4) is 5.75 Å². The highest BCUT2D eigenvalue weighted by atomic mass is 79.9. The van der Waals surface area contributed by atoms with E-state index in [0.717, 1.165) is 16.0 Å². The van der Waals surface area contributed by atoms with E-state index < -0.39 is 0 Å². The van der Waals surface area contributed by atoms with Gasteiger partial charge in [0, 0.05) is 20.7 Å². The van der Waals surface area contributed by atoms with Crippen molar-refractivity contribution in [3.05, 3.63) is 58.1 Å². The van der Waals surface area contributed by atoms with Gasteiger partial charge in [0.05, 0.1) is 7.11 Å². The van der Waals surface area contributed by atoms with Gasteiger partial charge >= 0.3 is 0 Å². The van der Waals surface area contributed by atoms with Gasteiger partial charge in [-0.2, -0.15) is 0 Å². The molecule has 0 unspecified atom stereocenters. The highest BCUT2D eigenvalue weighted by Gasteiger charge is 2.13. The van der Waals surface area contributed by atoms with E-state index in [1.54, 1.807) is 7.11 Å². The molecule has 0 radical (unpaired) electrons. The minimum Gasteiger partial charge on any atom is -0.496 e. The summed E-state index contributed by atoms with van der Waals surface area (Å²) in [7, 11) is 1.72. The third kappa shape index (κ3) is 4.52. The molecule has 0 fully saturated rings. The molecule has 3 heteroatoms. The zero-order valence-corrected chi connectivity index (χ0v) is 15.3. The lowest BCUT2D eigenvalue weighted by Gasteiger charge is -2.19. The first-order valence-corrected chi connectivity index (χ1v) is 8.74. The summed E-state index contributed by atoms with van der Waals surface area (Å²) in [5, 5.41) is 0. The molecular weight excluding hydrogens is 344 g/mol. The van der Waals surface area contributed by atoms with Crippen LogP contribution in [0.1, 0.15) is 31.9 Å². The number of hydrogen-bond donors (Lipinski definition) is 0. The Labute approximate surface area is 140 Å². The van der Waals surface area contributed by atoms with Crippen molar-refractivity contribution in [2.75, 3.05) is 7.11 Å². The fraction of sp³-hybridized carbons (Fsp3) is 0.333. The van der Waals surface area contributed by atoms with Crippen LogP contribution in [-0.2, 0) is 11.2 Å².